The SMILES string of the molecule is CCC(CC)n1c(COc2ccccc2Cl)nnc1S[C@H](C)C(=O)NC1CC1. The van der Waals surface area contributed by atoms with Crippen LogP contribution in [0.3, 0.4) is 0 Å². The first kappa shape index (κ1) is 21.0. The third kappa shape index (κ3) is 5.20. The summed E-state index contributed by atoms with van der Waals surface area (Å²) in [5.41, 5.74) is 0. The summed E-state index contributed by atoms with van der Waals surface area (Å²) in [5.74, 6) is 1.42. The molecule has 0 radical (unpaired) electrons. The number of benzene rings is 1. The predicted molar refractivity (Wildman–Crippen MR) is 112 cm³/mol. The molecule has 1 atom stereocenters. The highest BCUT2D eigenvalue weighted by atomic mass is 35.5. The molecule has 0 bridgehead atoms. The van der Waals surface area contributed by atoms with Crippen molar-refractivity contribution in [2.24, 2.45) is 0 Å². The first-order chi connectivity index (χ1) is 13.5. The molecule has 6 nitrogen and oxygen atoms in total. The normalized spacial score (nSPS) is 14.9. The molecule has 1 amide bonds. The lowest BCUT2D eigenvalue weighted by Gasteiger charge is -2.20. The monoisotopic (exact) mass is 422 g/mol. The van der Waals surface area contributed by atoms with E-state index in [4.69, 9.17) is 16.3 Å². The molecule has 28 heavy (non-hydrogen) atoms. The number of rotatable bonds is 10. The fourth-order valence-corrected chi connectivity index (χ4v) is 4.11. The van der Waals surface area contributed by atoms with Gasteiger partial charge in [0, 0.05) is 12.1 Å². The number of carbonyl (C=O) groups excluding carboxylic acids is 1. The molecule has 0 unspecified atom stereocenters. The maximum absolute atomic E-state index is 12.3. The van der Waals surface area contributed by atoms with E-state index in [1.807, 2.05) is 25.1 Å². The maximum Gasteiger partial charge on any atom is 0.233 e. The third-order valence-corrected chi connectivity index (χ3v) is 6.18. The van der Waals surface area contributed by atoms with E-state index in [1.54, 1.807) is 6.07 Å². The molecule has 0 saturated heterocycles. The van der Waals surface area contributed by atoms with Gasteiger partial charge in [0.15, 0.2) is 11.0 Å². The molecule has 152 valence electrons. The topological polar surface area (TPSA) is 69.0 Å². The van der Waals surface area contributed by atoms with Gasteiger partial charge in [-0.15, -0.1) is 10.2 Å². The van der Waals surface area contributed by atoms with Crippen LogP contribution >= 0.6 is 23.4 Å². The number of thioether (sulfide) groups is 1. The lowest BCUT2D eigenvalue weighted by Crippen LogP contribution is -2.32. The zero-order chi connectivity index (χ0) is 20.1. The fourth-order valence-electron chi connectivity index (χ4n) is 2.97. The van der Waals surface area contributed by atoms with Crippen LogP contribution in [0.25, 0.3) is 0 Å². The van der Waals surface area contributed by atoms with Gasteiger partial charge in [0.1, 0.15) is 12.4 Å². The number of hydrogen-bond acceptors (Lipinski definition) is 5. The Bertz CT molecular complexity index is 805. The Kier molecular flexibility index (Phi) is 7.24. The zero-order valence-electron chi connectivity index (χ0n) is 16.5. The Labute approximate surface area is 175 Å². The molecule has 1 fully saturated rings. The van der Waals surface area contributed by atoms with Gasteiger partial charge in [0.25, 0.3) is 0 Å². The van der Waals surface area contributed by atoms with Crippen molar-refractivity contribution in [1.82, 2.24) is 20.1 Å². The van der Waals surface area contributed by atoms with Crippen LogP contribution in [-0.4, -0.2) is 32.0 Å². The zero-order valence-corrected chi connectivity index (χ0v) is 18.1. The number of ether oxygens (including phenoxy) is 1. The Hall–Kier alpha value is -1.73. The number of nitrogens with one attached hydrogen (secondary N) is 1. The molecule has 1 aromatic heterocycles. The third-order valence-electron chi connectivity index (χ3n) is 4.81. The van der Waals surface area contributed by atoms with Crippen molar-refractivity contribution in [2.75, 3.05) is 0 Å². The smallest absolute Gasteiger partial charge is 0.233 e. The molecular weight excluding hydrogens is 396 g/mol. The van der Waals surface area contributed by atoms with Gasteiger partial charge in [-0.05, 0) is 44.7 Å². The van der Waals surface area contributed by atoms with Gasteiger partial charge in [-0.25, -0.2) is 0 Å². The second-order valence-corrected chi connectivity index (χ2v) is 8.72. The average Bonchev–Trinajstić information content (AvgIpc) is 3.42. The minimum atomic E-state index is -0.227. The predicted octanol–water partition coefficient (Wildman–Crippen LogP) is 4.63. The van der Waals surface area contributed by atoms with Gasteiger partial charge in [0.05, 0.1) is 10.3 Å². The van der Waals surface area contributed by atoms with E-state index >= 15 is 0 Å². The Morgan fingerprint density at radius 1 is 1.32 bits per heavy atom. The molecule has 3 rings (SSSR count). The van der Waals surface area contributed by atoms with Crippen LogP contribution in [0, 0.1) is 0 Å². The molecule has 1 saturated carbocycles. The van der Waals surface area contributed by atoms with Crippen LogP contribution in [0.5, 0.6) is 5.75 Å². The van der Waals surface area contributed by atoms with Crippen molar-refractivity contribution in [3.8, 4) is 5.75 Å². The molecule has 1 aliphatic rings. The Morgan fingerprint density at radius 3 is 2.68 bits per heavy atom. The summed E-state index contributed by atoms with van der Waals surface area (Å²) in [6.45, 7) is 6.47. The van der Waals surface area contributed by atoms with E-state index in [0.29, 0.717) is 16.8 Å². The van der Waals surface area contributed by atoms with Crippen LogP contribution in [0.4, 0.5) is 0 Å². The molecule has 0 aliphatic heterocycles. The van der Waals surface area contributed by atoms with E-state index in [2.05, 4.69) is 33.9 Å². The first-order valence-electron chi connectivity index (χ1n) is 9.81. The van der Waals surface area contributed by atoms with E-state index in [0.717, 1.165) is 36.7 Å². The van der Waals surface area contributed by atoms with Crippen LogP contribution in [0.2, 0.25) is 5.02 Å². The van der Waals surface area contributed by atoms with Crippen molar-refractivity contribution in [1.29, 1.82) is 0 Å². The highest BCUT2D eigenvalue weighted by Gasteiger charge is 2.28. The Balaban J connectivity index is 1.76. The summed E-state index contributed by atoms with van der Waals surface area (Å²) in [4.78, 5) is 12.3. The molecule has 1 N–H and O–H groups in total. The lowest BCUT2D eigenvalue weighted by atomic mass is 10.2. The van der Waals surface area contributed by atoms with Crippen molar-refractivity contribution < 1.29 is 9.53 Å². The highest BCUT2D eigenvalue weighted by Crippen LogP contribution is 2.30. The summed E-state index contributed by atoms with van der Waals surface area (Å²) in [5, 5.41) is 12.9. The molecule has 2 aromatic rings. The lowest BCUT2D eigenvalue weighted by molar-refractivity contribution is -0.120. The second kappa shape index (κ2) is 9.65. The average molecular weight is 423 g/mol. The fraction of sp³-hybridized carbons (Fsp3) is 0.550. The van der Waals surface area contributed by atoms with Crippen LogP contribution in [0.1, 0.15) is 58.3 Å². The van der Waals surface area contributed by atoms with E-state index in [-0.39, 0.29) is 23.8 Å². The number of hydrogen-bond donors (Lipinski definition) is 1. The van der Waals surface area contributed by atoms with Gasteiger partial charge in [-0.2, -0.15) is 0 Å². The van der Waals surface area contributed by atoms with Crippen LogP contribution in [-0.2, 0) is 11.4 Å². The van der Waals surface area contributed by atoms with E-state index < -0.39 is 0 Å². The van der Waals surface area contributed by atoms with Gasteiger partial charge >= 0.3 is 0 Å². The highest BCUT2D eigenvalue weighted by molar-refractivity contribution is 8.00. The minimum Gasteiger partial charge on any atom is -0.484 e. The number of aromatic nitrogens is 3. The van der Waals surface area contributed by atoms with Gasteiger partial charge in [-0.1, -0.05) is 49.3 Å². The van der Waals surface area contributed by atoms with E-state index in [1.165, 1.54) is 11.8 Å². The van der Waals surface area contributed by atoms with Gasteiger partial charge in [0.2, 0.25) is 5.91 Å². The van der Waals surface area contributed by atoms with Crippen molar-refractivity contribution in [3.63, 3.8) is 0 Å². The summed E-state index contributed by atoms with van der Waals surface area (Å²) in [6.07, 6.45) is 4.06. The molecular formula is C20H27ClN4O2S. The number of para-hydroxylation sites is 1. The minimum absolute atomic E-state index is 0.0560. The molecule has 1 aliphatic carbocycles. The number of nitrogens with zero attached hydrogens (tertiary/aromatic N) is 3. The molecule has 1 heterocycles. The summed E-state index contributed by atoms with van der Waals surface area (Å²) in [6, 6.07) is 7.98. The first-order valence-corrected chi connectivity index (χ1v) is 11.1. The molecule has 8 heteroatoms. The van der Waals surface area contributed by atoms with E-state index in [9.17, 15) is 4.79 Å². The summed E-state index contributed by atoms with van der Waals surface area (Å²) >= 11 is 7.63. The van der Waals surface area contributed by atoms with Gasteiger partial charge < -0.3 is 14.6 Å². The second-order valence-electron chi connectivity index (χ2n) is 7.00. The largest absolute Gasteiger partial charge is 0.484 e. The number of halogens is 1. The number of carbonyl (C=O) groups is 1. The quantitative estimate of drug-likeness (QED) is 0.565. The van der Waals surface area contributed by atoms with Crippen LogP contribution in [0.15, 0.2) is 29.4 Å². The summed E-state index contributed by atoms with van der Waals surface area (Å²) < 4.78 is 8.00. The van der Waals surface area contributed by atoms with Gasteiger partial charge in [-0.3, -0.25) is 4.79 Å². The summed E-state index contributed by atoms with van der Waals surface area (Å²) in [7, 11) is 0. The Morgan fingerprint density at radius 2 is 2.04 bits per heavy atom. The molecule has 1 aromatic carbocycles. The van der Waals surface area contributed by atoms with Crippen molar-refractivity contribution >= 4 is 29.3 Å². The number of amides is 1. The molecule has 0 spiro atoms. The van der Waals surface area contributed by atoms with Crippen LogP contribution < -0.4 is 10.1 Å². The van der Waals surface area contributed by atoms with Crippen molar-refractivity contribution in [3.05, 3.63) is 35.1 Å². The maximum atomic E-state index is 12.3. The van der Waals surface area contributed by atoms with Crippen molar-refractivity contribution in [2.45, 2.75) is 75.6 Å². The standard InChI is InChI=1S/C20H27ClN4O2S/c1-4-15(5-2)25-18(12-27-17-9-7-6-8-16(17)21)23-24-20(25)28-13(3)19(26)22-14-10-11-14/h6-9,13-15H,4-5,10-12H2,1-3H3,(H,22,26)/t13-/m1/s1.